The molecule has 0 atom stereocenters. The highest BCUT2D eigenvalue weighted by Crippen LogP contribution is 2.53. The Labute approximate surface area is 79.5 Å². The molecule has 74 valence electrons. The van der Waals surface area contributed by atoms with Crippen LogP contribution in [0, 0.1) is 5.41 Å². The summed E-state index contributed by atoms with van der Waals surface area (Å²) < 4.78 is 0. The second-order valence-electron chi connectivity index (χ2n) is 5.24. The molecule has 3 rings (SSSR count). The van der Waals surface area contributed by atoms with E-state index in [1.54, 1.807) is 0 Å². The van der Waals surface area contributed by atoms with Gasteiger partial charge in [-0.05, 0) is 43.9 Å². The summed E-state index contributed by atoms with van der Waals surface area (Å²) in [5, 5.41) is 0. The van der Waals surface area contributed by atoms with Crippen molar-refractivity contribution in [1.29, 1.82) is 0 Å². The highest BCUT2D eigenvalue weighted by Gasteiger charge is 2.49. The average molecular weight is 182 g/mol. The zero-order valence-corrected chi connectivity index (χ0v) is 8.18. The molecule has 1 saturated heterocycles. The van der Waals surface area contributed by atoms with Crippen LogP contribution in [0.25, 0.3) is 0 Å². The third-order valence-corrected chi connectivity index (χ3v) is 4.44. The molecule has 0 aromatic carbocycles. The van der Waals surface area contributed by atoms with E-state index < -0.39 is 0 Å². The predicted molar refractivity (Wildman–Crippen MR) is 49.1 cm³/mol. The van der Waals surface area contributed by atoms with E-state index in [0.717, 1.165) is 12.0 Å². The second-order valence-corrected chi connectivity index (χ2v) is 5.24. The van der Waals surface area contributed by atoms with Crippen LogP contribution in [-0.2, 0) is 9.78 Å². The lowest BCUT2D eigenvalue weighted by molar-refractivity contribution is -0.478. The van der Waals surface area contributed by atoms with Gasteiger partial charge in [-0.25, -0.2) is 9.78 Å². The third-order valence-electron chi connectivity index (χ3n) is 4.44. The molecule has 13 heavy (non-hydrogen) atoms. The van der Waals surface area contributed by atoms with E-state index in [0.29, 0.717) is 0 Å². The van der Waals surface area contributed by atoms with Gasteiger partial charge in [-0.1, -0.05) is 12.8 Å². The first-order valence-corrected chi connectivity index (χ1v) is 5.63. The van der Waals surface area contributed by atoms with Crippen molar-refractivity contribution in [3.63, 3.8) is 0 Å². The highest BCUT2D eigenvalue weighted by atomic mass is 17.2. The van der Waals surface area contributed by atoms with Crippen LogP contribution in [0.5, 0.6) is 0 Å². The first kappa shape index (κ1) is 8.25. The topological polar surface area (TPSA) is 18.5 Å². The molecule has 0 radical (unpaired) electrons. The van der Waals surface area contributed by atoms with E-state index in [4.69, 9.17) is 9.78 Å². The van der Waals surface area contributed by atoms with Crippen LogP contribution in [-0.4, -0.2) is 12.2 Å². The molecule has 0 N–H and O–H groups in total. The van der Waals surface area contributed by atoms with Crippen molar-refractivity contribution in [2.45, 2.75) is 57.0 Å². The van der Waals surface area contributed by atoms with E-state index >= 15 is 0 Å². The Morgan fingerprint density at radius 3 is 1.85 bits per heavy atom. The largest absolute Gasteiger partial charge is 0.233 e. The molecular formula is C11H18O2. The highest BCUT2D eigenvalue weighted by molar-refractivity contribution is 4.97. The summed E-state index contributed by atoms with van der Waals surface area (Å²) in [6.07, 6.45) is 11.1. The Morgan fingerprint density at radius 1 is 0.769 bits per heavy atom. The fourth-order valence-electron chi connectivity index (χ4n) is 3.31. The van der Waals surface area contributed by atoms with Crippen LogP contribution in [0.3, 0.4) is 0 Å². The maximum atomic E-state index is 5.26. The number of rotatable bonds is 0. The van der Waals surface area contributed by atoms with Gasteiger partial charge in [0.15, 0.2) is 0 Å². The summed E-state index contributed by atoms with van der Waals surface area (Å²) in [5.74, 6) is 0. The molecule has 0 bridgehead atoms. The monoisotopic (exact) mass is 182 g/mol. The molecule has 3 fully saturated rings. The van der Waals surface area contributed by atoms with Gasteiger partial charge in [0.2, 0.25) is 0 Å². The fourth-order valence-corrected chi connectivity index (χ4v) is 3.31. The molecule has 0 amide bonds. The minimum absolute atomic E-state index is 0.161. The lowest BCUT2D eigenvalue weighted by Crippen LogP contribution is -2.51. The zero-order chi connectivity index (χ0) is 8.78. The van der Waals surface area contributed by atoms with Gasteiger partial charge in [0, 0.05) is 0 Å². The van der Waals surface area contributed by atoms with Crippen molar-refractivity contribution in [2.24, 2.45) is 5.41 Å². The van der Waals surface area contributed by atoms with E-state index in [2.05, 4.69) is 0 Å². The van der Waals surface area contributed by atoms with Crippen LogP contribution in [0.4, 0.5) is 0 Å². The first-order chi connectivity index (χ1) is 6.33. The summed E-state index contributed by atoms with van der Waals surface area (Å²) in [6, 6.07) is 0. The van der Waals surface area contributed by atoms with Gasteiger partial charge in [0.05, 0.1) is 0 Å². The van der Waals surface area contributed by atoms with Gasteiger partial charge >= 0.3 is 0 Å². The molecule has 2 saturated carbocycles. The summed E-state index contributed by atoms with van der Waals surface area (Å²) in [6.45, 7) is 0.850. The number of hydrogen-bond donors (Lipinski definition) is 0. The van der Waals surface area contributed by atoms with Crippen molar-refractivity contribution in [3.8, 4) is 0 Å². The zero-order valence-electron chi connectivity index (χ0n) is 8.18. The maximum Gasteiger partial charge on any atom is 0.130 e. The Balaban J connectivity index is 1.66. The predicted octanol–water partition coefficient (Wildman–Crippen LogP) is 2.82. The maximum absolute atomic E-state index is 5.26. The molecule has 0 unspecified atom stereocenters. The van der Waals surface area contributed by atoms with Gasteiger partial charge in [-0.3, -0.25) is 0 Å². The standard InChI is InChI=1S/C11H18O2/c1-2-4-10(3-1)5-7-11(8-6-10)9-12-13-11/h1-9H2. The van der Waals surface area contributed by atoms with Gasteiger partial charge in [0.25, 0.3) is 0 Å². The lowest BCUT2D eigenvalue weighted by Gasteiger charge is -2.47. The van der Waals surface area contributed by atoms with Crippen molar-refractivity contribution in [3.05, 3.63) is 0 Å². The normalized spacial score (nSPS) is 35.1. The Kier molecular flexibility index (Phi) is 1.72. The molecule has 2 aliphatic carbocycles. The van der Waals surface area contributed by atoms with Crippen molar-refractivity contribution in [1.82, 2.24) is 0 Å². The molecule has 0 aromatic rings. The SMILES string of the molecule is C1CCC2(C1)CCC1(CC2)COO1. The van der Waals surface area contributed by atoms with Crippen LogP contribution in [0.2, 0.25) is 0 Å². The molecule has 2 spiro atoms. The van der Waals surface area contributed by atoms with Crippen LogP contribution < -0.4 is 0 Å². The Hall–Kier alpha value is -0.0800. The molecule has 1 aliphatic heterocycles. The number of hydrogen-bond acceptors (Lipinski definition) is 2. The summed E-state index contributed by atoms with van der Waals surface area (Å²) >= 11 is 0. The van der Waals surface area contributed by atoms with Crippen LogP contribution in [0.15, 0.2) is 0 Å². The van der Waals surface area contributed by atoms with Crippen molar-refractivity contribution < 1.29 is 9.78 Å². The minimum Gasteiger partial charge on any atom is -0.233 e. The Bertz CT molecular complexity index is 190. The average Bonchev–Trinajstić information content (AvgIpc) is 2.53. The van der Waals surface area contributed by atoms with E-state index in [9.17, 15) is 0 Å². The molecule has 2 nitrogen and oxygen atoms in total. The third kappa shape index (κ3) is 1.23. The van der Waals surface area contributed by atoms with Gasteiger partial charge in [-0.2, -0.15) is 0 Å². The molecule has 2 heteroatoms. The lowest BCUT2D eigenvalue weighted by atomic mass is 9.67. The van der Waals surface area contributed by atoms with Crippen molar-refractivity contribution >= 4 is 0 Å². The van der Waals surface area contributed by atoms with E-state index in [1.807, 2.05) is 0 Å². The molecular weight excluding hydrogens is 164 g/mol. The summed E-state index contributed by atoms with van der Waals surface area (Å²) in [5.41, 5.74) is 0.887. The Morgan fingerprint density at radius 2 is 1.38 bits per heavy atom. The van der Waals surface area contributed by atoms with Gasteiger partial charge in [0.1, 0.15) is 12.2 Å². The van der Waals surface area contributed by atoms with Crippen LogP contribution >= 0.6 is 0 Å². The molecule has 0 aromatic heterocycles. The van der Waals surface area contributed by atoms with Gasteiger partial charge < -0.3 is 0 Å². The van der Waals surface area contributed by atoms with Crippen molar-refractivity contribution in [2.75, 3.05) is 6.61 Å². The summed E-state index contributed by atoms with van der Waals surface area (Å²) in [4.78, 5) is 10.1. The second kappa shape index (κ2) is 2.71. The summed E-state index contributed by atoms with van der Waals surface area (Å²) in [7, 11) is 0. The quantitative estimate of drug-likeness (QED) is 0.536. The van der Waals surface area contributed by atoms with Crippen LogP contribution in [0.1, 0.15) is 51.4 Å². The fraction of sp³-hybridized carbons (Fsp3) is 1.00. The van der Waals surface area contributed by atoms with E-state index in [1.165, 1.54) is 51.4 Å². The van der Waals surface area contributed by atoms with E-state index in [-0.39, 0.29) is 5.60 Å². The van der Waals surface area contributed by atoms with Gasteiger partial charge in [-0.15, -0.1) is 0 Å². The smallest absolute Gasteiger partial charge is 0.130 e. The first-order valence-electron chi connectivity index (χ1n) is 5.63. The molecule has 3 aliphatic rings. The minimum atomic E-state index is 0.161. The molecule has 1 heterocycles.